The summed E-state index contributed by atoms with van der Waals surface area (Å²) in [6.45, 7) is 0.550. The van der Waals surface area contributed by atoms with Gasteiger partial charge in [0.25, 0.3) is 5.91 Å². The van der Waals surface area contributed by atoms with E-state index in [1.807, 2.05) is 4.57 Å². The van der Waals surface area contributed by atoms with Crippen LogP contribution in [0.15, 0.2) is 6.20 Å². The highest BCUT2D eigenvalue weighted by Crippen LogP contribution is 2.24. The van der Waals surface area contributed by atoms with E-state index in [-0.39, 0.29) is 18.5 Å². The first-order chi connectivity index (χ1) is 11.4. The Balaban J connectivity index is 1.59. The molecule has 2 aliphatic heterocycles. The third kappa shape index (κ3) is 4.09. The summed E-state index contributed by atoms with van der Waals surface area (Å²) in [6, 6.07) is -0.248. The van der Waals surface area contributed by atoms with Gasteiger partial charge in [0.05, 0.1) is 12.7 Å². The van der Waals surface area contributed by atoms with E-state index in [1.165, 1.54) is 4.90 Å². The summed E-state index contributed by atoms with van der Waals surface area (Å²) in [5, 5.41) is 2.80. The minimum Gasteiger partial charge on any atom is -0.349 e. The Morgan fingerprint density at radius 1 is 1.25 bits per heavy atom. The number of halogens is 3. The normalized spacial score (nSPS) is 22.2. The summed E-state index contributed by atoms with van der Waals surface area (Å²) in [6.07, 6.45) is 2.89. The van der Waals surface area contributed by atoms with Crippen molar-refractivity contribution in [3.8, 4) is 0 Å². The average molecular weight is 344 g/mol. The van der Waals surface area contributed by atoms with Crippen molar-refractivity contribution in [1.29, 1.82) is 0 Å². The van der Waals surface area contributed by atoms with Gasteiger partial charge in [-0.1, -0.05) is 6.42 Å². The number of aromatic nitrogens is 2. The molecule has 0 radical (unpaired) electrons. The number of fused-ring (bicyclic) bond motifs is 1. The van der Waals surface area contributed by atoms with Gasteiger partial charge < -0.3 is 9.88 Å². The fourth-order valence-corrected chi connectivity index (χ4v) is 3.64. The second-order valence-corrected chi connectivity index (χ2v) is 6.61. The topological polar surface area (TPSA) is 50.2 Å². The Morgan fingerprint density at radius 3 is 2.88 bits per heavy atom. The molecule has 3 rings (SSSR count). The van der Waals surface area contributed by atoms with Crippen LogP contribution in [0.3, 0.4) is 0 Å². The lowest BCUT2D eigenvalue weighted by Gasteiger charge is -2.25. The van der Waals surface area contributed by atoms with E-state index < -0.39 is 12.7 Å². The van der Waals surface area contributed by atoms with Gasteiger partial charge in [0.1, 0.15) is 11.5 Å². The molecule has 1 unspecified atom stereocenters. The number of carbonyl (C=O) groups excluding carboxylic acids is 1. The molecule has 0 spiro atoms. The molecule has 0 saturated carbocycles. The van der Waals surface area contributed by atoms with Crippen LogP contribution < -0.4 is 5.32 Å². The summed E-state index contributed by atoms with van der Waals surface area (Å²) >= 11 is 0. The highest BCUT2D eigenvalue weighted by molar-refractivity contribution is 5.92. The Kier molecular flexibility index (Phi) is 5.12. The zero-order valence-corrected chi connectivity index (χ0v) is 13.6. The van der Waals surface area contributed by atoms with Crippen molar-refractivity contribution in [2.45, 2.75) is 57.3 Å². The number of hydrogen-bond donors (Lipinski definition) is 1. The van der Waals surface area contributed by atoms with Crippen molar-refractivity contribution in [2.24, 2.45) is 0 Å². The van der Waals surface area contributed by atoms with Gasteiger partial charge in [-0.05, 0) is 32.2 Å². The molecule has 0 aliphatic carbocycles. The van der Waals surface area contributed by atoms with Crippen LogP contribution in [0.25, 0.3) is 0 Å². The largest absolute Gasteiger partial charge is 0.401 e. The van der Waals surface area contributed by atoms with Crippen molar-refractivity contribution < 1.29 is 18.0 Å². The quantitative estimate of drug-likeness (QED) is 0.912. The zero-order chi connectivity index (χ0) is 17.2. The van der Waals surface area contributed by atoms with Gasteiger partial charge in [-0.15, -0.1) is 0 Å². The summed E-state index contributed by atoms with van der Waals surface area (Å²) in [5.74, 6) is 0.687. The number of likely N-dealkylation sites (tertiary alicyclic amines) is 1. The van der Waals surface area contributed by atoms with Crippen LogP contribution in [-0.4, -0.2) is 52.2 Å². The number of aryl methyl sites for hydroxylation is 1. The third-order valence-electron chi connectivity index (χ3n) is 4.83. The van der Waals surface area contributed by atoms with Crippen molar-refractivity contribution in [1.82, 2.24) is 19.8 Å². The summed E-state index contributed by atoms with van der Waals surface area (Å²) in [4.78, 5) is 18.2. The van der Waals surface area contributed by atoms with E-state index in [2.05, 4.69) is 10.3 Å². The molecule has 5 nitrogen and oxygen atoms in total. The van der Waals surface area contributed by atoms with Gasteiger partial charge in [-0.2, -0.15) is 13.2 Å². The number of carbonyl (C=O) groups is 1. The molecule has 1 amide bonds. The molecule has 24 heavy (non-hydrogen) atoms. The molecule has 0 aromatic carbocycles. The van der Waals surface area contributed by atoms with Gasteiger partial charge in [0, 0.05) is 25.6 Å². The Labute approximate surface area is 139 Å². The van der Waals surface area contributed by atoms with Gasteiger partial charge in [-0.25, -0.2) is 4.98 Å². The first-order valence-electron chi connectivity index (χ1n) is 8.57. The van der Waals surface area contributed by atoms with Crippen molar-refractivity contribution >= 4 is 5.91 Å². The maximum absolute atomic E-state index is 12.6. The average Bonchev–Trinajstić information content (AvgIpc) is 3.04. The molecule has 0 bridgehead atoms. The van der Waals surface area contributed by atoms with E-state index in [0.29, 0.717) is 18.7 Å². The maximum atomic E-state index is 12.6. The number of nitrogens with one attached hydrogen (secondary N) is 1. The summed E-state index contributed by atoms with van der Waals surface area (Å²) < 4.78 is 39.7. The number of alkyl halides is 3. The molecule has 134 valence electrons. The van der Waals surface area contributed by atoms with E-state index in [0.717, 1.165) is 44.5 Å². The molecule has 2 aliphatic rings. The lowest BCUT2D eigenvalue weighted by molar-refractivity contribution is -0.147. The molecule has 1 aromatic heterocycles. The van der Waals surface area contributed by atoms with Crippen LogP contribution in [0.1, 0.15) is 48.4 Å². The first kappa shape index (κ1) is 17.3. The fraction of sp³-hybridized carbons (Fsp3) is 0.750. The number of nitrogens with zero attached hydrogens (tertiary/aromatic N) is 3. The third-order valence-corrected chi connectivity index (χ3v) is 4.83. The molecule has 1 saturated heterocycles. The van der Waals surface area contributed by atoms with E-state index >= 15 is 0 Å². The van der Waals surface area contributed by atoms with E-state index in [9.17, 15) is 18.0 Å². The minimum absolute atomic E-state index is 0.241. The zero-order valence-electron chi connectivity index (χ0n) is 13.6. The first-order valence-corrected chi connectivity index (χ1v) is 8.57. The molecule has 1 N–H and O–H groups in total. The monoisotopic (exact) mass is 344 g/mol. The van der Waals surface area contributed by atoms with Crippen molar-refractivity contribution in [2.75, 3.05) is 19.6 Å². The molecular weight excluding hydrogens is 321 g/mol. The molecule has 1 aromatic rings. The number of rotatable bonds is 4. The second-order valence-electron chi connectivity index (χ2n) is 6.61. The lowest BCUT2D eigenvalue weighted by Crippen LogP contribution is -2.44. The highest BCUT2D eigenvalue weighted by Gasteiger charge is 2.36. The molecule has 8 heteroatoms. The van der Waals surface area contributed by atoms with Crippen LogP contribution in [0, 0.1) is 0 Å². The van der Waals surface area contributed by atoms with Crippen LogP contribution in [0.5, 0.6) is 0 Å². The molecule has 3 heterocycles. The van der Waals surface area contributed by atoms with Crippen molar-refractivity contribution in [3.63, 3.8) is 0 Å². The minimum atomic E-state index is -4.20. The van der Waals surface area contributed by atoms with E-state index in [4.69, 9.17) is 0 Å². The standard InChI is InChI=1S/C16H23F3N4O/c17-16(18,19)11-22-7-4-5-12(22)9-21-15(24)13-10-20-14-6-2-1-3-8-23(13)14/h10,12H,1-9,11H2,(H,21,24). The van der Waals surface area contributed by atoms with E-state index in [1.54, 1.807) is 6.20 Å². The van der Waals surface area contributed by atoms with Crippen LogP contribution >= 0.6 is 0 Å². The van der Waals surface area contributed by atoms with Gasteiger partial charge >= 0.3 is 6.18 Å². The van der Waals surface area contributed by atoms with Crippen molar-refractivity contribution in [3.05, 3.63) is 17.7 Å². The Hall–Kier alpha value is -1.57. The molecule has 1 atom stereocenters. The molecular formula is C16H23F3N4O. The smallest absolute Gasteiger partial charge is 0.349 e. The highest BCUT2D eigenvalue weighted by atomic mass is 19.4. The lowest BCUT2D eigenvalue weighted by atomic mass is 10.2. The Morgan fingerprint density at radius 2 is 2.08 bits per heavy atom. The summed E-state index contributed by atoms with van der Waals surface area (Å²) in [7, 11) is 0. The van der Waals surface area contributed by atoms with Gasteiger partial charge in [0.2, 0.25) is 0 Å². The number of imidazole rings is 1. The van der Waals surface area contributed by atoms with Gasteiger partial charge in [0.15, 0.2) is 0 Å². The second kappa shape index (κ2) is 7.13. The van der Waals surface area contributed by atoms with Crippen LogP contribution in [0.2, 0.25) is 0 Å². The summed E-state index contributed by atoms with van der Waals surface area (Å²) in [5.41, 5.74) is 0.521. The fourth-order valence-electron chi connectivity index (χ4n) is 3.64. The molecule has 1 fully saturated rings. The maximum Gasteiger partial charge on any atom is 0.401 e. The van der Waals surface area contributed by atoms with Crippen LogP contribution in [0.4, 0.5) is 13.2 Å². The van der Waals surface area contributed by atoms with Gasteiger partial charge in [-0.3, -0.25) is 9.69 Å². The SMILES string of the molecule is O=C(NCC1CCCN1CC(F)(F)F)c1cnc2n1CCCCC2. The number of hydrogen-bond acceptors (Lipinski definition) is 3. The Bertz CT molecular complexity index is 584. The predicted octanol–water partition coefficient (Wildman–Crippen LogP) is 2.37. The number of amides is 1. The van der Waals surface area contributed by atoms with Crippen LogP contribution in [-0.2, 0) is 13.0 Å². The predicted molar refractivity (Wildman–Crippen MR) is 82.8 cm³/mol.